The highest BCUT2D eigenvalue weighted by Gasteiger charge is 2.15. The van der Waals surface area contributed by atoms with Gasteiger partial charge in [-0.25, -0.2) is 8.42 Å². The fourth-order valence-corrected chi connectivity index (χ4v) is 2.64. The number of nitrogens with two attached hydrogens (primary N) is 1. The van der Waals surface area contributed by atoms with Gasteiger partial charge in [0.05, 0.1) is 4.90 Å². The van der Waals surface area contributed by atoms with E-state index in [-0.39, 0.29) is 21.0 Å². The van der Waals surface area contributed by atoms with Gasteiger partial charge in [-0.2, -0.15) is 0 Å². The van der Waals surface area contributed by atoms with Gasteiger partial charge in [-0.1, -0.05) is 11.6 Å². The summed E-state index contributed by atoms with van der Waals surface area (Å²) in [4.78, 5) is 0.0627. The molecule has 0 aliphatic carbocycles. The minimum atomic E-state index is -3.76. The summed E-state index contributed by atoms with van der Waals surface area (Å²) in [6, 6.07) is 8.75. The molecule has 1 aromatic carbocycles. The maximum absolute atomic E-state index is 12.1. The fraction of sp³-hybridized carbons (Fsp3) is 0. The van der Waals surface area contributed by atoms with Crippen LogP contribution in [0.2, 0.25) is 5.15 Å². The third-order valence-electron chi connectivity index (χ3n) is 2.30. The Kier molecular flexibility index (Phi) is 4.56. The summed E-state index contributed by atoms with van der Waals surface area (Å²) in [6.07, 6.45) is 0. The van der Waals surface area contributed by atoms with Crippen LogP contribution in [0.25, 0.3) is 0 Å². The lowest BCUT2D eigenvalue weighted by Crippen LogP contribution is -2.19. The highest BCUT2D eigenvalue weighted by atomic mass is 35.5. The Morgan fingerprint density at radius 2 is 1.81 bits per heavy atom. The Balaban J connectivity index is 2.19. The Morgan fingerprint density at radius 1 is 1.14 bits per heavy atom. The average molecular weight is 344 g/mol. The molecule has 0 saturated carbocycles. The van der Waals surface area contributed by atoms with Crippen LogP contribution < -0.4 is 15.8 Å². The summed E-state index contributed by atoms with van der Waals surface area (Å²) < 4.78 is 26.6. The van der Waals surface area contributed by atoms with Crippen LogP contribution in [0.15, 0.2) is 41.3 Å². The lowest BCUT2D eigenvalue weighted by atomic mass is 10.3. The molecule has 0 radical (unpaired) electrons. The van der Waals surface area contributed by atoms with E-state index in [4.69, 9.17) is 29.6 Å². The van der Waals surface area contributed by atoms with Crippen molar-refractivity contribution in [1.29, 1.82) is 0 Å². The first kappa shape index (κ1) is 15.4. The lowest BCUT2D eigenvalue weighted by Gasteiger charge is -2.08. The van der Waals surface area contributed by atoms with Gasteiger partial charge in [0.1, 0.15) is 0 Å². The summed E-state index contributed by atoms with van der Waals surface area (Å²) in [5, 5.41) is 10.1. The van der Waals surface area contributed by atoms with Gasteiger partial charge in [0, 0.05) is 5.69 Å². The van der Waals surface area contributed by atoms with E-state index in [0.29, 0.717) is 5.69 Å². The minimum Gasteiger partial charge on any atom is -0.376 e. The van der Waals surface area contributed by atoms with Crippen LogP contribution in [0.5, 0.6) is 0 Å². The van der Waals surface area contributed by atoms with Crippen LogP contribution in [-0.4, -0.2) is 23.7 Å². The maximum atomic E-state index is 12.1. The zero-order chi connectivity index (χ0) is 15.5. The van der Waals surface area contributed by atoms with Gasteiger partial charge in [0.15, 0.2) is 16.1 Å². The summed E-state index contributed by atoms with van der Waals surface area (Å²) >= 11 is 10.3. The third kappa shape index (κ3) is 4.25. The molecule has 10 heteroatoms. The number of nitrogens with one attached hydrogen (secondary N) is 2. The van der Waals surface area contributed by atoms with E-state index in [9.17, 15) is 8.42 Å². The van der Waals surface area contributed by atoms with Crippen LogP contribution >= 0.6 is 23.8 Å². The molecule has 0 bridgehead atoms. The normalized spacial score (nSPS) is 10.9. The maximum Gasteiger partial charge on any atom is 0.263 e. The van der Waals surface area contributed by atoms with Gasteiger partial charge in [0.25, 0.3) is 10.0 Å². The summed E-state index contributed by atoms with van der Waals surface area (Å²) in [5.41, 5.74) is 5.92. The number of rotatable bonds is 4. The van der Waals surface area contributed by atoms with E-state index in [1.807, 2.05) is 0 Å². The molecule has 1 heterocycles. The zero-order valence-electron chi connectivity index (χ0n) is 10.4. The SMILES string of the molecule is NC(=S)Nc1ccc(S(=O)(=O)Nc2ccc(Cl)nn2)cc1. The first-order valence-electron chi connectivity index (χ1n) is 5.55. The second-order valence-corrected chi connectivity index (χ2v) is 6.37. The summed E-state index contributed by atoms with van der Waals surface area (Å²) in [6.45, 7) is 0. The van der Waals surface area contributed by atoms with Crippen LogP contribution in [0.4, 0.5) is 11.5 Å². The van der Waals surface area contributed by atoms with Crippen LogP contribution in [0, 0.1) is 0 Å². The van der Waals surface area contributed by atoms with Gasteiger partial charge < -0.3 is 11.1 Å². The highest BCUT2D eigenvalue weighted by Crippen LogP contribution is 2.17. The number of nitrogens with zero attached hydrogens (tertiary/aromatic N) is 2. The van der Waals surface area contributed by atoms with Crippen molar-refractivity contribution in [2.45, 2.75) is 4.90 Å². The van der Waals surface area contributed by atoms with Crippen molar-refractivity contribution in [2.75, 3.05) is 10.0 Å². The number of aromatic nitrogens is 2. The minimum absolute atomic E-state index is 0.0627. The van der Waals surface area contributed by atoms with E-state index < -0.39 is 10.0 Å². The van der Waals surface area contributed by atoms with Crippen LogP contribution in [0.3, 0.4) is 0 Å². The molecule has 0 atom stereocenters. The second-order valence-electron chi connectivity index (χ2n) is 3.86. The highest BCUT2D eigenvalue weighted by molar-refractivity contribution is 7.92. The van der Waals surface area contributed by atoms with E-state index in [1.54, 1.807) is 12.1 Å². The van der Waals surface area contributed by atoms with Crippen LogP contribution in [0.1, 0.15) is 0 Å². The zero-order valence-corrected chi connectivity index (χ0v) is 12.8. The molecule has 110 valence electrons. The van der Waals surface area contributed by atoms with Crippen molar-refractivity contribution in [3.8, 4) is 0 Å². The Hall–Kier alpha value is -1.97. The average Bonchev–Trinajstić information content (AvgIpc) is 2.41. The molecular formula is C11H10ClN5O2S2. The van der Waals surface area contributed by atoms with Crippen molar-refractivity contribution < 1.29 is 8.42 Å². The monoisotopic (exact) mass is 343 g/mol. The Labute approximate surface area is 131 Å². The fourth-order valence-electron chi connectivity index (χ4n) is 1.43. The molecule has 1 aromatic heterocycles. The third-order valence-corrected chi connectivity index (χ3v) is 3.98. The predicted molar refractivity (Wildman–Crippen MR) is 84.7 cm³/mol. The molecule has 4 N–H and O–H groups in total. The van der Waals surface area contributed by atoms with E-state index >= 15 is 0 Å². The molecular weight excluding hydrogens is 334 g/mol. The van der Waals surface area contributed by atoms with Crippen molar-refractivity contribution in [1.82, 2.24) is 10.2 Å². The van der Waals surface area contributed by atoms with Gasteiger partial charge in [0.2, 0.25) is 0 Å². The molecule has 2 aromatic rings. The molecule has 0 fully saturated rings. The molecule has 7 nitrogen and oxygen atoms in total. The first-order chi connectivity index (χ1) is 9.87. The molecule has 0 aliphatic rings. The smallest absolute Gasteiger partial charge is 0.263 e. The topological polar surface area (TPSA) is 110 Å². The van der Waals surface area contributed by atoms with Crippen molar-refractivity contribution in [3.05, 3.63) is 41.6 Å². The predicted octanol–water partition coefficient (Wildman–Crippen LogP) is 1.59. The Bertz CT molecular complexity index is 747. The number of benzene rings is 1. The summed E-state index contributed by atoms with van der Waals surface area (Å²) in [7, 11) is -3.76. The van der Waals surface area contributed by atoms with Crippen molar-refractivity contribution in [3.63, 3.8) is 0 Å². The molecule has 2 rings (SSSR count). The first-order valence-corrected chi connectivity index (χ1v) is 7.82. The van der Waals surface area contributed by atoms with Gasteiger partial charge in [-0.05, 0) is 48.6 Å². The lowest BCUT2D eigenvalue weighted by molar-refractivity contribution is 0.601. The quantitative estimate of drug-likeness (QED) is 0.723. The van der Waals surface area contributed by atoms with E-state index in [2.05, 4.69) is 20.2 Å². The number of halogens is 1. The van der Waals surface area contributed by atoms with E-state index in [1.165, 1.54) is 24.3 Å². The number of sulfonamides is 1. The van der Waals surface area contributed by atoms with Crippen molar-refractivity contribution in [2.24, 2.45) is 5.73 Å². The molecule has 0 unspecified atom stereocenters. The summed E-state index contributed by atoms with van der Waals surface area (Å²) in [5.74, 6) is 0.0738. The Morgan fingerprint density at radius 3 is 2.33 bits per heavy atom. The molecule has 0 aliphatic heterocycles. The van der Waals surface area contributed by atoms with Crippen LogP contribution in [-0.2, 0) is 10.0 Å². The number of anilines is 2. The number of hydrogen-bond acceptors (Lipinski definition) is 5. The van der Waals surface area contributed by atoms with Gasteiger partial charge in [-0.15, -0.1) is 10.2 Å². The largest absolute Gasteiger partial charge is 0.376 e. The molecule has 0 spiro atoms. The standard InChI is InChI=1S/C11H10ClN5O2S2/c12-9-5-6-10(16-15-9)17-21(18,19)8-3-1-7(2-4-8)14-11(13)20/h1-6H,(H,16,17)(H3,13,14,20). The molecule has 0 saturated heterocycles. The van der Waals surface area contributed by atoms with Gasteiger partial charge in [-0.3, -0.25) is 4.72 Å². The molecule has 0 amide bonds. The van der Waals surface area contributed by atoms with E-state index in [0.717, 1.165) is 0 Å². The second kappa shape index (κ2) is 6.20. The van der Waals surface area contributed by atoms with Gasteiger partial charge >= 0.3 is 0 Å². The molecule has 21 heavy (non-hydrogen) atoms. The number of thiocarbonyl (C=S) groups is 1. The van der Waals surface area contributed by atoms with Crippen molar-refractivity contribution >= 4 is 50.5 Å². The number of hydrogen-bond donors (Lipinski definition) is 3.